The molecule has 0 saturated carbocycles. The third kappa shape index (κ3) is 3.73. The van der Waals surface area contributed by atoms with E-state index in [4.69, 9.17) is 16.9 Å². The van der Waals surface area contributed by atoms with Crippen molar-refractivity contribution in [2.45, 2.75) is 23.3 Å². The van der Waals surface area contributed by atoms with Crippen molar-refractivity contribution in [3.8, 4) is 6.07 Å². The van der Waals surface area contributed by atoms with Crippen molar-refractivity contribution in [1.82, 2.24) is 0 Å². The molecule has 0 heterocycles. The van der Waals surface area contributed by atoms with Crippen LogP contribution in [0.3, 0.4) is 0 Å². The summed E-state index contributed by atoms with van der Waals surface area (Å²) in [7, 11) is -6.96. The number of sulfone groups is 1. The Hall–Kier alpha value is -1.94. The Morgan fingerprint density at radius 1 is 0.926 bits per heavy atom. The van der Waals surface area contributed by atoms with Gasteiger partial charge in [0, 0.05) is 5.02 Å². The third-order valence-corrected chi connectivity index (χ3v) is 4.99. The van der Waals surface area contributed by atoms with Crippen LogP contribution in [0.5, 0.6) is 0 Å². The number of benzene rings is 1. The van der Waals surface area contributed by atoms with Gasteiger partial charge >= 0.3 is 23.3 Å². The molecule has 0 fully saturated rings. The Bertz CT molecular complexity index is 884. The summed E-state index contributed by atoms with van der Waals surface area (Å²) in [5.41, 5.74) is -0.360. The summed E-state index contributed by atoms with van der Waals surface area (Å²) in [5.74, 6) is -14.8. The van der Waals surface area contributed by atoms with Crippen molar-refractivity contribution in [2.75, 3.05) is 0 Å². The van der Waals surface area contributed by atoms with E-state index in [-0.39, 0.29) is 16.7 Å². The van der Waals surface area contributed by atoms with Gasteiger partial charge in [-0.3, -0.25) is 0 Å². The summed E-state index contributed by atoms with van der Waals surface area (Å²) in [5, 5.41) is 1.76. The van der Waals surface area contributed by atoms with Crippen LogP contribution in [0, 0.1) is 11.3 Å². The number of hydrogen-bond donors (Lipinski definition) is 0. The Morgan fingerprint density at radius 2 is 1.37 bits per heavy atom. The number of hydrogen-bond acceptors (Lipinski definition) is 3. The second-order valence-electron chi connectivity index (χ2n) is 4.84. The van der Waals surface area contributed by atoms with Gasteiger partial charge in [-0.1, -0.05) is 23.7 Å². The number of rotatable bonds is 5. The van der Waals surface area contributed by atoms with Crippen LogP contribution < -0.4 is 0 Å². The number of allylic oxidation sites excluding steroid dienone is 1. The minimum Gasteiger partial charge on any atom is -0.216 e. The summed E-state index contributed by atoms with van der Waals surface area (Å²) in [6.45, 7) is 0. The quantitative estimate of drug-likeness (QED) is 0.471. The molecule has 0 radical (unpaired) electrons. The van der Waals surface area contributed by atoms with E-state index in [1.54, 1.807) is 0 Å². The predicted molar refractivity (Wildman–Crippen MR) is 74.9 cm³/mol. The second kappa shape index (κ2) is 6.90. The molecule has 0 saturated heterocycles. The average molecular weight is 446 g/mol. The highest BCUT2D eigenvalue weighted by molar-refractivity contribution is 7.96. The van der Waals surface area contributed by atoms with Gasteiger partial charge in [-0.15, -0.1) is 0 Å². The van der Waals surface area contributed by atoms with E-state index in [0.29, 0.717) is 6.07 Å². The molecule has 0 aliphatic heterocycles. The highest BCUT2D eigenvalue weighted by Crippen LogP contribution is 2.55. The largest absolute Gasteiger partial charge is 0.460 e. The molecule has 0 aliphatic carbocycles. The molecule has 0 spiro atoms. The number of nitriles is 1. The van der Waals surface area contributed by atoms with Crippen molar-refractivity contribution >= 4 is 27.5 Å². The maximum atomic E-state index is 13.7. The topological polar surface area (TPSA) is 57.9 Å². The van der Waals surface area contributed by atoms with Gasteiger partial charge in [-0.2, -0.15) is 44.8 Å². The summed E-state index contributed by atoms with van der Waals surface area (Å²) < 4.78 is 139. The molecule has 0 unspecified atom stereocenters. The first kappa shape index (κ1) is 23.1. The molecule has 0 aromatic heterocycles. The van der Waals surface area contributed by atoms with Crippen molar-refractivity contribution in [2.24, 2.45) is 0 Å². The van der Waals surface area contributed by atoms with E-state index in [1.807, 2.05) is 0 Å². The highest BCUT2D eigenvalue weighted by atomic mass is 35.5. The van der Waals surface area contributed by atoms with E-state index in [9.17, 15) is 47.9 Å². The first-order valence-corrected chi connectivity index (χ1v) is 8.11. The molecule has 0 amide bonds. The molecule has 3 nitrogen and oxygen atoms in total. The summed E-state index contributed by atoms with van der Waals surface area (Å²) in [6, 6.07) is 4.59. The lowest BCUT2D eigenvalue weighted by molar-refractivity contribution is -0.382. The molecule has 27 heavy (non-hydrogen) atoms. The van der Waals surface area contributed by atoms with Crippen LogP contribution >= 0.6 is 11.6 Å². The zero-order chi connectivity index (χ0) is 21.5. The molecule has 1 rings (SSSR count). The normalized spacial score (nSPS) is 14.8. The third-order valence-electron chi connectivity index (χ3n) is 3.02. The Morgan fingerprint density at radius 3 is 1.74 bits per heavy atom. The SMILES string of the molecule is N#C/C(=C\c1ccc(Cl)cc1)S(=O)(=O)C(F)(F)C(F)(F)C(F)(F)C(F)(F)F. The van der Waals surface area contributed by atoms with Gasteiger partial charge in [0.2, 0.25) is 0 Å². The van der Waals surface area contributed by atoms with Crippen molar-refractivity contribution in [3.63, 3.8) is 0 Å². The molecule has 1 aromatic carbocycles. The van der Waals surface area contributed by atoms with E-state index in [2.05, 4.69) is 0 Å². The standard InChI is InChI=1S/C13H5ClF9NO2S/c14-8-3-1-7(2-4-8)5-9(6-24)27(25,26)13(22,23)11(17,18)10(15,16)12(19,20)21/h1-5H/b9-5+. The highest BCUT2D eigenvalue weighted by Gasteiger charge is 2.85. The first-order chi connectivity index (χ1) is 11.9. The predicted octanol–water partition coefficient (Wildman–Crippen LogP) is 5.04. The fraction of sp³-hybridized carbons (Fsp3) is 0.308. The molecular formula is C13H5ClF9NO2S. The van der Waals surface area contributed by atoms with Crippen LogP contribution in [0.1, 0.15) is 5.56 Å². The van der Waals surface area contributed by atoms with Crippen molar-refractivity contribution in [3.05, 3.63) is 39.8 Å². The molecule has 0 N–H and O–H groups in total. The van der Waals surface area contributed by atoms with Gasteiger partial charge in [0.25, 0.3) is 9.84 Å². The van der Waals surface area contributed by atoms with Crippen LogP contribution in [0.15, 0.2) is 29.2 Å². The lowest BCUT2D eigenvalue weighted by Crippen LogP contribution is -2.63. The van der Waals surface area contributed by atoms with Crippen LogP contribution in [0.25, 0.3) is 6.08 Å². The van der Waals surface area contributed by atoms with Crippen LogP contribution in [0.4, 0.5) is 39.5 Å². The monoisotopic (exact) mass is 445 g/mol. The maximum Gasteiger partial charge on any atom is 0.460 e. The maximum absolute atomic E-state index is 13.7. The van der Waals surface area contributed by atoms with Crippen LogP contribution in [-0.4, -0.2) is 31.7 Å². The molecule has 0 atom stereocenters. The molecule has 14 heteroatoms. The molecule has 150 valence electrons. The summed E-state index contributed by atoms with van der Waals surface area (Å²) in [6.07, 6.45) is -7.11. The summed E-state index contributed by atoms with van der Waals surface area (Å²) >= 11 is 5.48. The van der Waals surface area contributed by atoms with Gasteiger partial charge in [0.1, 0.15) is 6.07 Å². The Kier molecular flexibility index (Phi) is 5.90. The van der Waals surface area contributed by atoms with Gasteiger partial charge in [-0.05, 0) is 23.8 Å². The average Bonchev–Trinajstić information content (AvgIpc) is 2.52. The lowest BCUT2D eigenvalue weighted by atomic mass is 10.1. The Balaban J connectivity index is 3.58. The lowest BCUT2D eigenvalue weighted by Gasteiger charge is -2.32. The van der Waals surface area contributed by atoms with Gasteiger partial charge in [0.05, 0.1) is 0 Å². The molecule has 0 aliphatic rings. The molecule has 1 aromatic rings. The van der Waals surface area contributed by atoms with E-state index >= 15 is 0 Å². The van der Waals surface area contributed by atoms with Gasteiger partial charge in [0.15, 0.2) is 4.91 Å². The van der Waals surface area contributed by atoms with Crippen LogP contribution in [0.2, 0.25) is 5.02 Å². The second-order valence-corrected chi connectivity index (χ2v) is 7.23. The first-order valence-electron chi connectivity index (χ1n) is 6.25. The zero-order valence-corrected chi connectivity index (χ0v) is 13.9. The van der Waals surface area contributed by atoms with Gasteiger partial charge < -0.3 is 0 Å². The molecular weight excluding hydrogens is 441 g/mol. The number of alkyl halides is 9. The van der Waals surface area contributed by atoms with Crippen molar-refractivity contribution < 1.29 is 47.9 Å². The smallest absolute Gasteiger partial charge is 0.216 e. The van der Waals surface area contributed by atoms with Gasteiger partial charge in [-0.25, -0.2) is 8.42 Å². The fourth-order valence-electron chi connectivity index (χ4n) is 1.55. The van der Waals surface area contributed by atoms with E-state index < -0.39 is 38.0 Å². The Labute approximate surface area is 150 Å². The van der Waals surface area contributed by atoms with E-state index in [1.165, 1.54) is 0 Å². The zero-order valence-electron chi connectivity index (χ0n) is 12.3. The number of nitrogens with zero attached hydrogens (tertiary/aromatic N) is 1. The van der Waals surface area contributed by atoms with E-state index in [0.717, 1.165) is 24.3 Å². The van der Waals surface area contributed by atoms with Crippen molar-refractivity contribution in [1.29, 1.82) is 5.26 Å². The fourth-order valence-corrected chi connectivity index (χ4v) is 2.83. The number of halogens is 10. The summed E-state index contributed by atoms with van der Waals surface area (Å²) in [4.78, 5) is -2.16. The minimum absolute atomic E-state index is 0.0650. The minimum atomic E-state index is -7.41. The van der Waals surface area contributed by atoms with Crippen LogP contribution in [-0.2, 0) is 9.84 Å². The molecule has 0 bridgehead atoms.